The van der Waals surface area contributed by atoms with E-state index < -0.39 is 0 Å². The number of methoxy groups -OCH3 is 1. The summed E-state index contributed by atoms with van der Waals surface area (Å²) >= 11 is 1.30. The average Bonchev–Trinajstić information content (AvgIpc) is 3.32. The molecule has 3 aromatic carbocycles. The lowest BCUT2D eigenvalue weighted by molar-refractivity contribution is -0.118. The molecule has 1 amide bonds. The standard InChI is InChI=1S/C27H25N5O2S/c1-20-10-14-23(15-11-20)32-26(22-12-16-24(34-2)17-13-22)30-31-27(32)35-19-25(33)29-28-18-6-9-21-7-4-3-5-8-21/h3-18H,19H2,1-2H3,(H,29,33)/b9-6+,28-18+. The van der Waals surface area contributed by atoms with Crippen molar-refractivity contribution in [3.05, 3.63) is 96.1 Å². The van der Waals surface area contributed by atoms with Crippen LogP contribution < -0.4 is 10.2 Å². The summed E-state index contributed by atoms with van der Waals surface area (Å²) in [5.74, 6) is 1.36. The maximum Gasteiger partial charge on any atom is 0.250 e. The van der Waals surface area contributed by atoms with E-state index in [-0.39, 0.29) is 11.7 Å². The monoisotopic (exact) mass is 483 g/mol. The van der Waals surface area contributed by atoms with Crippen molar-refractivity contribution in [2.75, 3.05) is 12.9 Å². The normalized spacial score (nSPS) is 11.3. The largest absolute Gasteiger partial charge is 0.497 e. The fourth-order valence-corrected chi connectivity index (χ4v) is 3.99. The molecule has 0 bridgehead atoms. The number of carbonyl (C=O) groups excluding carboxylic acids is 1. The number of amides is 1. The average molecular weight is 484 g/mol. The molecular formula is C27H25N5O2S. The molecule has 4 rings (SSSR count). The molecule has 176 valence electrons. The molecule has 1 aromatic heterocycles. The zero-order valence-corrected chi connectivity index (χ0v) is 20.3. The van der Waals surface area contributed by atoms with Gasteiger partial charge in [-0.15, -0.1) is 10.2 Å². The second kappa shape index (κ2) is 11.8. The molecule has 8 heteroatoms. The van der Waals surface area contributed by atoms with E-state index in [1.807, 2.05) is 96.4 Å². The number of hydrogen-bond donors (Lipinski definition) is 1. The van der Waals surface area contributed by atoms with Crippen LogP contribution in [0.25, 0.3) is 23.2 Å². The zero-order valence-electron chi connectivity index (χ0n) is 19.5. The molecule has 0 aliphatic heterocycles. The minimum atomic E-state index is -0.233. The third-order valence-corrected chi connectivity index (χ3v) is 5.97. The number of carbonyl (C=O) groups is 1. The molecule has 0 fully saturated rings. The smallest absolute Gasteiger partial charge is 0.250 e. The van der Waals surface area contributed by atoms with Crippen molar-refractivity contribution in [1.82, 2.24) is 20.2 Å². The summed E-state index contributed by atoms with van der Waals surface area (Å²) in [4.78, 5) is 12.3. The van der Waals surface area contributed by atoms with E-state index in [2.05, 4.69) is 20.7 Å². The van der Waals surface area contributed by atoms with Crippen LogP contribution in [0.5, 0.6) is 5.75 Å². The molecule has 0 radical (unpaired) electrons. The van der Waals surface area contributed by atoms with Crippen LogP contribution in [-0.2, 0) is 4.79 Å². The Morgan fingerprint density at radius 2 is 1.77 bits per heavy atom. The van der Waals surface area contributed by atoms with Gasteiger partial charge in [0.2, 0.25) is 0 Å². The second-order valence-corrected chi connectivity index (χ2v) is 8.52. The Bertz CT molecular complexity index is 1310. The van der Waals surface area contributed by atoms with Crippen LogP contribution >= 0.6 is 11.8 Å². The van der Waals surface area contributed by atoms with E-state index in [1.165, 1.54) is 11.8 Å². The Morgan fingerprint density at radius 3 is 2.49 bits per heavy atom. The Labute approximate surface area is 208 Å². The Hall–Kier alpha value is -4.17. The lowest BCUT2D eigenvalue weighted by Gasteiger charge is -2.11. The van der Waals surface area contributed by atoms with Crippen molar-refractivity contribution in [2.24, 2.45) is 5.10 Å². The van der Waals surface area contributed by atoms with Gasteiger partial charge in [-0.3, -0.25) is 9.36 Å². The highest BCUT2D eigenvalue weighted by Gasteiger charge is 2.17. The van der Waals surface area contributed by atoms with E-state index in [1.54, 1.807) is 19.4 Å². The first-order chi connectivity index (χ1) is 17.1. The number of benzene rings is 3. The number of hydrogen-bond acceptors (Lipinski definition) is 6. The third kappa shape index (κ3) is 6.45. The van der Waals surface area contributed by atoms with Gasteiger partial charge in [0.05, 0.1) is 12.9 Å². The summed E-state index contributed by atoms with van der Waals surface area (Å²) in [6, 6.07) is 25.6. The molecule has 0 saturated carbocycles. The molecule has 0 unspecified atom stereocenters. The summed E-state index contributed by atoms with van der Waals surface area (Å²) < 4.78 is 7.22. The number of ether oxygens (including phenoxy) is 1. The number of hydrazone groups is 1. The molecule has 7 nitrogen and oxygen atoms in total. The van der Waals surface area contributed by atoms with Gasteiger partial charge >= 0.3 is 0 Å². The molecule has 35 heavy (non-hydrogen) atoms. The van der Waals surface area contributed by atoms with Crippen LogP contribution in [0.1, 0.15) is 11.1 Å². The highest BCUT2D eigenvalue weighted by atomic mass is 32.2. The fourth-order valence-electron chi connectivity index (χ4n) is 3.25. The van der Waals surface area contributed by atoms with E-state index in [4.69, 9.17) is 4.74 Å². The van der Waals surface area contributed by atoms with Crippen molar-refractivity contribution >= 4 is 30.0 Å². The summed E-state index contributed by atoms with van der Waals surface area (Å²) in [5, 5.41) is 13.4. The molecule has 0 aliphatic carbocycles. The quantitative estimate of drug-likeness (QED) is 0.202. The Balaban J connectivity index is 1.46. The molecule has 0 spiro atoms. The summed E-state index contributed by atoms with van der Waals surface area (Å²) in [5.41, 5.74) is 6.57. The van der Waals surface area contributed by atoms with Gasteiger partial charge in [0.25, 0.3) is 5.91 Å². The van der Waals surface area contributed by atoms with E-state index in [9.17, 15) is 4.79 Å². The first-order valence-electron chi connectivity index (χ1n) is 11.0. The Kier molecular flexibility index (Phi) is 8.08. The van der Waals surface area contributed by atoms with Gasteiger partial charge in [0, 0.05) is 17.5 Å². The van der Waals surface area contributed by atoms with Gasteiger partial charge in [0.1, 0.15) is 5.75 Å². The summed E-state index contributed by atoms with van der Waals surface area (Å²) in [7, 11) is 1.63. The minimum Gasteiger partial charge on any atom is -0.497 e. The van der Waals surface area contributed by atoms with Crippen LogP contribution in [0.3, 0.4) is 0 Å². The number of aryl methyl sites for hydroxylation is 1. The first-order valence-corrected chi connectivity index (χ1v) is 12.0. The van der Waals surface area contributed by atoms with Crippen molar-refractivity contribution in [2.45, 2.75) is 12.1 Å². The maximum absolute atomic E-state index is 12.3. The molecular weight excluding hydrogens is 458 g/mol. The van der Waals surface area contributed by atoms with Gasteiger partial charge in [-0.25, -0.2) is 5.43 Å². The first kappa shape index (κ1) is 24.0. The van der Waals surface area contributed by atoms with Crippen molar-refractivity contribution in [1.29, 1.82) is 0 Å². The maximum atomic E-state index is 12.3. The predicted octanol–water partition coefficient (Wildman–Crippen LogP) is 5.16. The SMILES string of the molecule is COc1ccc(-c2nnc(SCC(=O)N/N=C/C=C/c3ccccc3)n2-c2ccc(C)cc2)cc1. The highest BCUT2D eigenvalue weighted by Crippen LogP contribution is 2.29. The second-order valence-electron chi connectivity index (χ2n) is 7.58. The van der Waals surface area contributed by atoms with Gasteiger partial charge < -0.3 is 4.74 Å². The third-order valence-electron chi connectivity index (χ3n) is 5.04. The molecule has 0 atom stereocenters. The molecule has 1 N–H and O–H groups in total. The van der Waals surface area contributed by atoms with Crippen LogP contribution in [0, 0.1) is 6.92 Å². The number of thioether (sulfide) groups is 1. The summed E-state index contributed by atoms with van der Waals surface area (Å²) in [6.07, 6.45) is 5.24. The number of nitrogens with zero attached hydrogens (tertiary/aromatic N) is 4. The van der Waals surface area contributed by atoms with E-state index in [0.29, 0.717) is 11.0 Å². The number of nitrogens with one attached hydrogen (secondary N) is 1. The van der Waals surface area contributed by atoms with Crippen LogP contribution in [0.2, 0.25) is 0 Å². The van der Waals surface area contributed by atoms with Crippen LogP contribution in [0.4, 0.5) is 0 Å². The number of allylic oxidation sites excluding steroid dienone is 1. The number of rotatable bonds is 9. The topological polar surface area (TPSA) is 81.4 Å². The van der Waals surface area contributed by atoms with Crippen LogP contribution in [0.15, 0.2) is 95.2 Å². The van der Waals surface area contributed by atoms with Crippen molar-refractivity contribution in [3.63, 3.8) is 0 Å². The fraction of sp³-hybridized carbons (Fsp3) is 0.111. The van der Waals surface area contributed by atoms with Gasteiger partial charge in [0.15, 0.2) is 11.0 Å². The lowest BCUT2D eigenvalue weighted by atomic mass is 10.2. The van der Waals surface area contributed by atoms with Crippen molar-refractivity contribution < 1.29 is 9.53 Å². The van der Waals surface area contributed by atoms with E-state index >= 15 is 0 Å². The zero-order chi connectivity index (χ0) is 24.5. The van der Waals surface area contributed by atoms with Gasteiger partial charge in [-0.05, 0) is 55.0 Å². The summed E-state index contributed by atoms with van der Waals surface area (Å²) in [6.45, 7) is 2.04. The van der Waals surface area contributed by atoms with Crippen molar-refractivity contribution in [3.8, 4) is 22.8 Å². The van der Waals surface area contributed by atoms with Gasteiger partial charge in [-0.2, -0.15) is 5.10 Å². The predicted molar refractivity (Wildman–Crippen MR) is 141 cm³/mol. The molecule has 0 aliphatic rings. The number of aromatic nitrogens is 3. The van der Waals surface area contributed by atoms with Gasteiger partial charge in [-0.1, -0.05) is 65.9 Å². The molecule has 1 heterocycles. The lowest BCUT2D eigenvalue weighted by Crippen LogP contribution is -2.19. The highest BCUT2D eigenvalue weighted by molar-refractivity contribution is 7.99. The Morgan fingerprint density at radius 1 is 1.03 bits per heavy atom. The minimum absolute atomic E-state index is 0.145. The van der Waals surface area contributed by atoms with E-state index in [0.717, 1.165) is 28.1 Å². The van der Waals surface area contributed by atoms with Crippen LogP contribution in [-0.4, -0.2) is 39.7 Å². The molecule has 4 aromatic rings. The molecule has 0 saturated heterocycles.